The zero-order valence-corrected chi connectivity index (χ0v) is 9.72. The highest BCUT2D eigenvalue weighted by Crippen LogP contribution is 2.21. The molecule has 0 saturated carbocycles. The van der Waals surface area contributed by atoms with E-state index in [1.54, 1.807) is 7.11 Å². The van der Waals surface area contributed by atoms with Crippen LogP contribution in [-0.2, 0) is 4.79 Å². The molecule has 0 bridgehead atoms. The maximum absolute atomic E-state index is 11.1. The van der Waals surface area contributed by atoms with Gasteiger partial charge in [0.2, 0.25) is 5.91 Å². The van der Waals surface area contributed by atoms with Gasteiger partial charge < -0.3 is 10.1 Å². The molecule has 14 heavy (non-hydrogen) atoms. The van der Waals surface area contributed by atoms with Crippen LogP contribution in [0.2, 0.25) is 0 Å². The van der Waals surface area contributed by atoms with E-state index in [4.69, 9.17) is 4.74 Å². The summed E-state index contributed by atoms with van der Waals surface area (Å²) in [7, 11) is 1.62. The van der Waals surface area contributed by atoms with Gasteiger partial charge in [0.25, 0.3) is 0 Å². The summed E-state index contributed by atoms with van der Waals surface area (Å²) in [5.41, 5.74) is 1.78. The predicted molar refractivity (Wildman–Crippen MR) is 60.2 cm³/mol. The van der Waals surface area contributed by atoms with Gasteiger partial charge in [-0.15, -0.1) is 0 Å². The third-order valence-corrected chi connectivity index (χ3v) is 2.31. The summed E-state index contributed by atoms with van der Waals surface area (Å²) in [4.78, 5) is 11.1. The lowest BCUT2D eigenvalue weighted by Crippen LogP contribution is -2.12. The fourth-order valence-electron chi connectivity index (χ4n) is 1.15. The Morgan fingerprint density at radius 3 is 2.79 bits per heavy atom. The van der Waals surface area contributed by atoms with Crippen molar-refractivity contribution in [2.75, 3.05) is 17.8 Å². The second-order valence-corrected chi connectivity index (χ2v) is 3.43. The van der Waals surface area contributed by atoms with E-state index in [0.29, 0.717) is 5.33 Å². The lowest BCUT2D eigenvalue weighted by atomic mass is 10.2. The van der Waals surface area contributed by atoms with Crippen LogP contribution in [0.25, 0.3) is 0 Å². The molecule has 0 saturated heterocycles. The number of methoxy groups -OCH3 is 1. The normalized spacial score (nSPS) is 9.64. The molecular formula is C10H12BrNO2. The minimum absolute atomic E-state index is 0.0606. The first-order valence-corrected chi connectivity index (χ1v) is 5.30. The Hall–Kier alpha value is -1.03. The number of anilines is 1. The Balaban J connectivity index is 2.81. The van der Waals surface area contributed by atoms with E-state index in [9.17, 15) is 4.79 Å². The Morgan fingerprint density at radius 2 is 2.29 bits per heavy atom. The number of benzene rings is 1. The van der Waals surface area contributed by atoms with Gasteiger partial charge in [0, 0.05) is 5.69 Å². The first-order valence-electron chi connectivity index (χ1n) is 4.18. The van der Waals surface area contributed by atoms with Gasteiger partial charge in [-0.2, -0.15) is 0 Å². The van der Waals surface area contributed by atoms with Gasteiger partial charge in [-0.1, -0.05) is 15.9 Å². The molecule has 4 heteroatoms. The van der Waals surface area contributed by atoms with Crippen molar-refractivity contribution in [3.8, 4) is 5.75 Å². The number of amides is 1. The van der Waals surface area contributed by atoms with Crippen molar-refractivity contribution in [3.63, 3.8) is 0 Å². The van der Waals surface area contributed by atoms with E-state index < -0.39 is 0 Å². The van der Waals surface area contributed by atoms with E-state index in [1.807, 2.05) is 25.1 Å². The van der Waals surface area contributed by atoms with Crippen LogP contribution < -0.4 is 10.1 Å². The van der Waals surface area contributed by atoms with Gasteiger partial charge in [-0.25, -0.2) is 0 Å². The lowest BCUT2D eigenvalue weighted by molar-refractivity contribution is -0.113. The van der Waals surface area contributed by atoms with Crippen LogP contribution in [0, 0.1) is 6.92 Å². The molecule has 0 aliphatic heterocycles. The Labute approximate surface area is 91.6 Å². The number of rotatable bonds is 3. The molecule has 0 aliphatic rings. The predicted octanol–water partition coefficient (Wildman–Crippen LogP) is 2.34. The minimum Gasteiger partial charge on any atom is -0.496 e. The maximum atomic E-state index is 11.1. The van der Waals surface area contributed by atoms with Crippen LogP contribution in [0.4, 0.5) is 5.69 Å². The van der Waals surface area contributed by atoms with Gasteiger partial charge in [0.1, 0.15) is 5.75 Å². The number of nitrogens with one attached hydrogen (secondary N) is 1. The highest BCUT2D eigenvalue weighted by atomic mass is 79.9. The van der Waals surface area contributed by atoms with Crippen LogP contribution in [0.15, 0.2) is 18.2 Å². The summed E-state index contributed by atoms with van der Waals surface area (Å²) in [6, 6.07) is 5.52. The van der Waals surface area contributed by atoms with Crippen molar-refractivity contribution in [3.05, 3.63) is 23.8 Å². The molecule has 0 aliphatic carbocycles. The number of carbonyl (C=O) groups excluding carboxylic acids is 1. The summed E-state index contributed by atoms with van der Waals surface area (Å²) in [5, 5.41) is 3.05. The third kappa shape index (κ3) is 2.73. The van der Waals surface area contributed by atoms with Crippen molar-refractivity contribution in [2.45, 2.75) is 6.92 Å². The average molecular weight is 258 g/mol. The van der Waals surface area contributed by atoms with Crippen LogP contribution >= 0.6 is 15.9 Å². The lowest BCUT2D eigenvalue weighted by Gasteiger charge is -2.07. The molecule has 1 N–H and O–H groups in total. The molecule has 1 aromatic carbocycles. The first kappa shape index (κ1) is 11.0. The van der Waals surface area contributed by atoms with E-state index >= 15 is 0 Å². The SMILES string of the molecule is COc1ccc(NC(=O)CBr)cc1C. The fraction of sp³-hybridized carbons (Fsp3) is 0.300. The number of halogens is 1. The van der Waals surface area contributed by atoms with Crippen LogP contribution in [0.5, 0.6) is 5.75 Å². The number of hydrogen-bond donors (Lipinski definition) is 1. The summed E-state index contributed by atoms with van der Waals surface area (Å²) < 4.78 is 5.11. The zero-order chi connectivity index (χ0) is 10.6. The average Bonchev–Trinajstić information content (AvgIpc) is 2.18. The Morgan fingerprint density at radius 1 is 1.57 bits per heavy atom. The highest BCUT2D eigenvalue weighted by molar-refractivity contribution is 9.09. The molecule has 76 valence electrons. The smallest absolute Gasteiger partial charge is 0.235 e. The number of carbonyl (C=O) groups is 1. The quantitative estimate of drug-likeness (QED) is 0.845. The number of aryl methyl sites for hydroxylation is 1. The molecule has 1 aromatic rings. The second-order valence-electron chi connectivity index (χ2n) is 2.87. The van der Waals surface area contributed by atoms with E-state index in [2.05, 4.69) is 21.2 Å². The molecule has 1 amide bonds. The zero-order valence-electron chi connectivity index (χ0n) is 8.13. The van der Waals surface area contributed by atoms with Crippen LogP contribution in [0.3, 0.4) is 0 Å². The summed E-state index contributed by atoms with van der Waals surface area (Å²) in [6.45, 7) is 1.93. The monoisotopic (exact) mass is 257 g/mol. The molecule has 0 aromatic heterocycles. The number of hydrogen-bond acceptors (Lipinski definition) is 2. The van der Waals surface area contributed by atoms with E-state index in [1.165, 1.54) is 0 Å². The van der Waals surface area contributed by atoms with Crippen molar-refractivity contribution in [2.24, 2.45) is 0 Å². The van der Waals surface area contributed by atoms with Gasteiger partial charge in [0.05, 0.1) is 12.4 Å². The molecule has 0 fully saturated rings. The maximum Gasteiger partial charge on any atom is 0.235 e. The Bertz CT molecular complexity index is 339. The molecule has 0 heterocycles. The topological polar surface area (TPSA) is 38.3 Å². The van der Waals surface area contributed by atoms with E-state index in [-0.39, 0.29) is 5.91 Å². The van der Waals surface area contributed by atoms with Gasteiger partial charge >= 0.3 is 0 Å². The van der Waals surface area contributed by atoms with Crippen molar-refractivity contribution < 1.29 is 9.53 Å². The molecular weight excluding hydrogens is 246 g/mol. The van der Waals surface area contributed by atoms with Gasteiger partial charge in [-0.05, 0) is 30.7 Å². The van der Waals surface area contributed by atoms with Crippen LogP contribution in [-0.4, -0.2) is 18.3 Å². The van der Waals surface area contributed by atoms with Crippen LogP contribution in [0.1, 0.15) is 5.56 Å². The largest absolute Gasteiger partial charge is 0.496 e. The molecule has 3 nitrogen and oxygen atoms in total. The third-order valence-electron chi connectivity index (χ3n) is 1.80. The molecule has 0 spiro atoms. The van der Waals surface area contributed by atoms with Crippen molar-refractivity contribution >= 4 is 27.5 Å². The second kappa shape index (κ2) is 5.00. The van der Waals surface area contributed by atoms with E-state index in [0.717, 1.165) is 17.0 Å². The standard InChI is InChI=1S/C10H12BrNO2/c1-7-5-8(12-10(13)6-11)3-4-9(7)14-2/h3-5H,6H2,1-2H3,(H,12,13). The summed E-state index contributed by atoms with van der Waals surface area (Å²) in [6.07, 6.45) is 0. The highest BCUT2D eigenvalue weighted by Gasteiger charge is 2.02. The molecule has 0 radical (unpaired) electrons. The summed E-state index contributed by atoms with van der Waals surface area (Å²) >= 11 is 3.08. The van der Waals surface area contributed by atoms with Crippen molar-refractivity contribution in [1.29, 1.82) is 0 Å². The molecule has 1 rings (SSSR count). The van der Waals surface area contributed by atoms with Gasteiger partial charge in [-0.3, -0.25) is 4.79 Å². The summed E-state index contributed by atoms with van der Waals surface area (Å²) in [5.74, 6) is 0.761. The fourth-order valence-corrected chi connectivity index (χ4v) is 1.29. The number of ether oxygens (including phenoxy) is 1. The van der Waals surface area contributed by atoms with Gasteiger partial charge in [0.15, 0.2) is 0 Å². The first-order chi connectivity index (χ1) is 6.67. The number of alkyl halides is 1. The minimum atomic E-state index is -0.0606. The molecule has 0 unspecified atom stereocenters. The molecule has 0 atom stereocenters. The Kier molecular flexibility index (Phi) is 3.95. The van der Waals surface area contributed by atoms with Crippen molar-refractivity contribution in [1.82, 2.24) is 0 Å².